The molecule has 0 aliphatic heterocycles. The first-order valence-corrected chi connectivity index (χ1v) is 7.77. The highest BCUT2D eigenvalue weighted by atomic mass is 35.5. The van der Waals surface area contributed by atoms with Crippen LogP contribution in [0.15, 0.2) is 48.5 Å². The van der Waals surface area contributed by atoms with E-state index in [0.29, 0.717) is 10.7 Å². The molecule has 0 unspecified atom stereocenters. The molecule has 0 aromatic heterocycles. The van der Waals surface area contributed by atoms with E-state index in [0.717, 1.165) is 11.3 Å². The molecule has 23 heavy (non-hydrogen) atoms. The molecular weight excluding hydrogens is 312 g/mol. The lowest BCUT2D eigenvalue weighted by Crippen LogP contribution is -2.22. The molecule has 4 nitrogen and oxygen atoms in total. The van der Waals surface area contributed by atoms with Gasteiger partial charge in [-0.25, -0.2) is 0 Å². The number of benzene rings is 2. The van der Waals surface area contributed by atoms with Gasteiger partial charge in [0.1, 0.15) is 6.42 Å². The molecular formula is C18H19ClN2O2. The number of nitrogens with one attached hydrogen (secondary N) is 2. The van der Waals surface area contributed by atoms with Crippen molar-refractivity contribution < 1.29 is 9.59 Å². The highest BCUT2D eigenvalue weighted by molar-refractivity contribution is 6.30. The van der Waals surface area contributed by atoms with Crippen LogP contribution in [-0.4, -0.2) is 11.8 Å². The first-order valence-electron chi connectivity index (χ1n) is 7.40. The standard InChI is InChI=1S/C18H19ClN2O2/c1-12(2)15-8-3-4-9-16(15)21-18(23)11-17(22)20-14-7-5-6-13(19)10-14/h3-10,12H,11H2,1-2H3,(H,20,22)(H,21,23). The van der Waals surface area contributed by atoms with Gasteiger partial charge in [-0.15, -0.1) is 0 Å². The van der Waals surface area contributed by atoms with Gasteiger partial charge in [-0.05, 0) is 35.7 Å². The molecule has 2 aromatic carbocycles. The van der Waals surface area contributed by atoms with Crippen LogP contribution in [0.4, 0.5) is 11.4 Å². The van der Waals surface area contributed by atoms with Gasteiger partial charge in [-0.3, -0.25) is 9.59 Å². The van der Waals surface area contributed by atoms with E-state index in [1.807, 2.05) is 24.3 Å². The Morgan fingerprint density at radius 2 is 1.70 bits per heavy atom. The summed E-state index contributed by atoms with van der Waals surface area (Å²) in [6.45, 7) is 4.10. The third-order valence-electron chi connectivity index (χ3n) is 3.29. The summed E-state index contributed by atoms with van der Waals surface area (Å²) in [6, 6.07) is 14.4. The summed E-state index contributed by atoms with van der Waals surface area (Å²) in [6.07, 6.45) is -0.251. The molecule has 0 aliphatic carbocycles. The average Bonchev–Trinajstić information content (AvgIpc) is 2.47. The molecule has 0 atom stereocenters. The quantitative estimate of drug-likeness (QED) is 0.797. The number of para-hydroxylation sites is 1. The highest BCUT2D eigenvalue weighted by Crippen LogP contribution is 2.23. The lowest BCUT2D eigenvalue weighted by molar-refractivity contribution is -0.123. The Bertz CT molecular complexity index is 714. The van der Waals surface area contributed by atoms with Crippen molar-refractivity contribution >= 4 is 34.8 Å². The summed E-state index contributed by atoms with van der Waals surface area (Å²) in [4.78, 5) is 24.0. The summed E-state index contributed by atoms with van der Waals surface area (Å²) in [5.41, 5.74) is 2.34. The van der Waals surface area contributed by atoms with Crippen LogP contribution in [0.2, 0.25) is 5.02 Å². The van der Waals surface area contributed by atoms with Gasteiger partial charge in [0.25, 0.3) is 0 Å². The Kier molecular flexibility index (Phi) is 5.77. The van der Waals surface area contributed by atoms with E-state index >= 15 is 0 Å². The second-order valence-corrected chi connectivity index (χ2v) is 5.96. The Hall–Kier alpha value is -2.33. The number of amides is 2. The maximum absolute atomic E-state index is 12.1. The molecule has 2 N–H and O–H groups in total. The normalized spacial score (nSPS) is 10.4. The minimum atomic E-state index is -0.383. The number of carbonyl (C=O) groups excluding carboxylic acids is 2. The second-order valence-electron chi connectivity index (χ2n) is 5.53. The van der Waals surface area contributed by atoms with Crippen LogP contribution < -0.4 is 10.6 Å². The Labute approximate surface area is 140 Å². The van der Waals surface area contributed by atoms with Crippen LogP contribution in [0.1, 0.15) is 31.7 Å². The van der Waals surface area contributed by atoms with E-state index in [4.69, 9.17) is 11.6 Å². The first kappa shape index (κ1) is 17.0. The molecule has 0 bridgehead atoms. The molecule has 0 heterocycles. The second kappa shape index (κ2) is 7.79. The fraction of sp³-hybridized carbons (Fsp3) is 0.222. The zero-order valence-corrected chi connectivity index (χ0v) is 13.9. The van der Waals surface area contributed by atoms with Gasteiger partial charge in [0.05, 0.1) is 0 Å². The molecule has 2 amide bonds. The number of hydrogen-bond donors (Lipinski definition) is 2. The summed E-state index contributed by atoms with van der Waals surface area (Å²) >= 11 is 5.86. The minimum absolute atomic E-state index is 0.251. The Morgan fingerprint density at radius 3 is 2.39 bits per heavy atom. The van der Waals surface area contributed by atoms with Crippen molar-refractivity contribution in [3.05, 3.63) is 59.1 Å². The molecule has 0 aliphatic rings. The van der Waals surface area contributed by atoms with Gasteiger partial charge < -0.3 is 10.6 Å². The van der Waals surface area contributed by atoms with E-state index in [2.05, 4.69) is 24.5 Å². The van der Waals surface area contributed by atoms with Gasteiger partial charge in [0.15, 0.2) is 0 Å². The summed E-state index contributed by atoms with van der Waals surface area (Å²) in [7, 11) is 0. The monoisotopic (exact) mass is 330 g/mol. The molecule has 0 radical (unpaired) electrons. The lowest BCUT2D eigenvalue weighted by Gasteiger charge is -2.13. The van der Waals surface area contributed by atoms with Crippen LogP contribution in [0.5, 0.6) is 0 Å². The van der Waals surface area contributed by atoms with Crippen molar-refractivity contribution in [3.63, 3.8) is 0 Å². The zero-order chi connectivity index (χ0) is 16.8. The summed E-state index contributed by atoms with van der Waals surface area (Å²) < 4.78 is 0. The van der Waals surface area contributed by atoms with Crippen molar-refractivity contribution in [2.75, 3.05) is 10.6 Å². The van der Waals surface area contributed by atoms with Gasteiger partial charge in [-0.1, -0.05) is 49.7 Å². The van der Waals surface area contributed by atoms with Crippen LogP contribution in [0, 0.1) is 0 Å². The zero-order valence-electron chi connectivity index (χ0n) is 13.1. The van der Waals surface area contributed by atoms with Crippen LogP contribution in [0.25, 0.3) is 0 Å². The lowest BCUT2D eigenvalue weighted by atomic mass is 10.0. The average molecular weight is 331 g/mol. The molecule has 120 valence electrons. The summed E-state index contributed by atoms with van der Waals surface area (Å²) in [5, 5.41) is 5.97. The third-order valence-corrected chi connectivity index (χ3v) is 3.52. The molecule has 0 spiro atoms. The fourth-order valence-electron chi connectivity index (χ4n) is 2.23. The Morgan fingerprint density at radius 1 is 1.00 bits per heavy atom. The van der Waals surface area contributed by atoms with Gasteiger partial charge in [-0.2, -0.15) is 0 Å². The number of halogens is 1. The van der Waals surface area contributed by atoms with Gasteiger partial charge in [0, 0.05) is 16.4 Å². The largest absolute Gasteiger partial charge is 0.326 e. The molecule has 2 aromatic rings. The minimum Gasteiger partial charge on any atom is -0.326 e. The van der Waals surface area contributed by atoms with E-state index in [1.165, 1.54) is 0 Å². The topological polar surface area (TPSA) is 58.2 Å². The molecule has 2 rings (SSSR count). The maximum atomic E-state index is 12.1. The van der Waals surface area contributed by atoms with Crippen molar-refractivity contribution in [2.24, 2.45) is 0 Å². The van der Waals surface area contributed by atoms with Crippen molar-refractivity contribution in [2.45, 2.75) is 26.2 Å². The van der Waals surface area contributed by atoms with E-state index in [9.17, 15) is 9.59 Å². The number of anilines is 2. The van der Waals surface area contributed by atoms with Crippen molar-refractivity contribution in [1.82, 2.24) is 0 Å². The van der Waals surface area contributed by atoms with Crippen LogP contribution in [0.3, 0.4) is 0 Å². The highest BCUT2D eigenvalue weighted by Gasteiger charge is 2.13. The third kappa shape index (κ3) is 5.11. The molecule has 0 fully saturated rings. The number of rotatable bonds is 5. The number of carbonyl (C=O) groups is 2. The fourth-order valence-corrected chi connectivity index (χ4v) is 2.42. The SMILES string of the molecule is CC(C)c1ccccc1NC(=O)CC(=O)Nc1cccc(Cl)c1. The van der Waals surface area contributed by atoms with E-state index in [1.54, 1.807) is 24.3 Å². The maximum Gasteiger partial charge on any atom is 0.233 e. The van der Waals surface area contributed by atoms with Crippen LogP contribution >= 0.6 is 11.6 Å². The smallest absolute Gasteiger partial charge is 0.233 e. The predicted octanol–water partition coefficient (Wildman–Crippen LogP) is 4.43. The van der Waals surface area contributed by atoms with Crippen molar-refractivity contribution in [1.29, 1.82) is 0 Å². The van der Waals surface area contributed by atoms with Gasteiger partial charge in [0.2, 0.25) is 11.8 Å². The Balaban J connectivity index is 1.96. The van der Waals surface area contributed by atoms with Crippen LogP contribution in [-0.2, 0) is 9.59 Å². The first-order chi connectivity index (χ1) is 11.0. The predicted molar refractivity (Wildman–Crippen MR) is 93.9 cm³/mol. The van der Waals surface area contributed by atoms with E-state index in [-0.39, 0.29) is 24.2 Å². The molecule has 0 saturated heterocycles. The molecule has 5 heteroatoms. The summed E-state index contributed by atoms with van der Waals surface area (Å²) in [5.74, 6) is -0.448. The van der Waals surface area contributed by atoms with Gasteiger partial charge >= 0.3 is 0 Å². The molecule has 0 saturated carbocycles. The number of hydrogen-bond acceptors (Lipinski definition) is 2. The van der Waals surface area contributed by atoms with E-state index < -0.39 is 0 Å². The van der Waals surface area contributed by atoms with Crippen molar-refractivity contribution in [3.8, 4) is 0 Å².